The highest BCUT2D eigenvalue weighted by atomic mass is 16.5. The van der Waals surface area contributed by atoms with Crippen LogP contribution >= 0.6 is 0 Å². The maximum atomic E-state index is 12.3. The highest BCUT2D eigenvalue weighted by molar-refractivity contribution is 5.96. The van der Waals surface area contributed by atoms with Crippen LogP contribution in [0.25, 0.3) is 11.0 Å². The summed E-state index contributed by atoms with van der Waals surface area (Å²) in [5.74, 6) is 0.629. The van der Waals surface area contributed by atoms with Crippen LogP contribution in [0.3, 0.4) is 0 Å². The number of fused-ring (bicyclic) bond motifs is 1. The number of ether oxygens (including phenoxy) is 1. The lowest BCUT2D eigenvalue weighted by atomic mass is 10.1. The number of anilines is 1. The van der Waals surface area contributed by atoms with Gasteiger partial charge in [-0.15, -0.1) is 0 Å². The Hall–Kier alpha value is -3.35. The van der Waals surface area contributed by atoms with Crippen LogP contribution < -0.4 is 15.4 Å². The van der Waals surface area contributed by atoms with E-state index < -0.39 is 6.04 Å². The number of hydrogen-bond donors (Lipinski definition) is 3. The zero-order valence-corrected chi connectivity index (χ0v) is 15.3. The summed E-state index contributed by atoms with van der Waals surface area (Å²) in [6.45, 7) is 1.64. The molecule has 3 N–H and O–H groups in total. The number of nitrogens with one attached hydrogen (secondary N) is 3. The molecule has 1 atom stereocenters. The lowest BCUT2D eigenvalue weighted by Gasteiger charge is -2.13. The Labute approximate surface area is 157 Å². The van der Waals surface area contributed by atoms with Gasteiger partial charge in [-0.3, -0.25) is 14.9 Å². The molecule has 0 radical (unpaired) electrons. The van der Waals surface area contributed by atoms with Crippen molar-refractivity contribution in [1.82, 2.24) is 15.3 Å². The second kappa shape index (κ2) is 8.35. The third-order valence-electron chi connectivity index (χ3n) is 4.20. The smallest absolute Gasteiger partial charge is 0.248 e. The molecule has 0 aliphatic heterocycles. The summed E-state index contributed by atoms with van der Waals surface area (Å²) in [4.78, 5) is 31.7. The first-order chi connectivity index (χ1) is 13.0. The summed E-state index contributed by atoms with van der Waals surface area (Å²) < 4.78 is 5.11. The Kier molecular flexibility index (Phi) is 5.71. The van der Waals surface area contributed by atoms with Crippen molar-refractivity contribution in [3.05, 3.63) is 54.1 Å². The predicted molar refractivity (Wildman–Crippen MR) is 104 cm³/mol. The van der Waals surface area contributed by atoms with Gasteiger partial charge in [0.1, 0.15) is 11.8 Å². The van der Waals surface area contributed by atoms with E-state index in [0.29, 0.717) is 18.8 Å². The number of benzene rings is 2. The van der Waals surface area contributed by atoms with Gasteiger partial charge in [-0.05, 0) is 43.2 Å². The molecular formula is C20H22N4O3. The van der Waals surface area contributed by atoms with E-state index in [9.17, 15) is 9.59 Å². The maximum Gasteiger partial charge on any atom is 0.248 e. The van der Waals surface area contributed by atoms with Crippen molar-refractivity contribution in [2.75, 3.05) is 12.4 Å². The van der Waals surface area contributed by atoms with Gasteiger partial charge in [0, 0.05) is 6.42 Å². The number of carbonyl (C=O) groups excluding carboxylic acids is 2. The van der Waals surface area contributed by atoms with E-state index in [2.05, 4.69) is 20.6 Å². The molecule has 2 amide bonds. The molecule has 140 valence electrons. The zero-order chi connectivity index (χ0) is 19.2. The van der Waals surface area contributed by atoms with E-state index in [4.69, 9.17) is 4.74 Å². The van der Waals surface area contributed by atoms with Crippen LogP contribution in [0.1, 0.15) is 18.9 Å². The molecule has 2 aromatic carbocycles. The summed E-state index contributed by atoms with van der Waals surface area (Å²) in [6, 6.07) is 14.4. The van der Waals surface area contributed by atoms with Crippen LogP contribution in [0.2, 0.25) is 0 Å². The number of aromatic nitrogens is 2. The van der Waals surface area contributed by atoms with Crippen molar-refractivity contribution in [2.24, 2.45) is 0 Å². The van der Waals surface area contributed by atoms with Gasteiger partial charge in [-0.2, -0.15) is 0 Å². The van der Waals surface area contributed by atoms with Crippen molar-refractivity contribution < 1.29 is 14.3 Å². The minimum Gasteiger partial charge on any atom is -0.497 e. The Bertz CT molecular complexity index is 901. The van der Waals surface area contributed by atoms with E-state index in [-0.39, 0.29) is 11.8 Å². The highest BCUT2D eigenvalue weighted by Crippen LogP contribution is 2.14. The van der Waals surface area contributed by atoms with Crippen molar-refractivity contribution >= 4 is 28.8 Å². The van der Waals surface area contributed by atoms with E-state index >= 15 is 0 Å². The molecular weight excluding hydrogens is 344 g/mol. The van der Waals surface area contributed by atoms with Crippen LogP contribution in [0.15, 0.2) is 48.5 Å². The largest absolute Gasteiger partial charge is 0.497 e. The van der Waals surface area contributed by atoms with Gasteiger partial charge in [0.25, 0.3) is 0 Å². The van der Waals surface area contributed by atoms with Gasteiger partial charge in [-0.1, -0.05) is 24.3 Å². The lowest BCUT2D eigenvalue weighted by Crippen LogP contribution is -2.41. The van der Waals surface area contributed by atoms with Gasteiger partial charge in [0.2, 0.25) is 17.8 Å². The number of methoxy groups -OCH3 is 1. The molecule has 0 aliphatic carbocycles. The Morgan fingerprint density at radius 1 is 1.15 bits per heavy atom. The van der Waals surface area contributed by atoms with E-state index in [1.807, 2.05) is 48.5 Å². The van der Waals surface area contributed by atoms with Crippen LogP contribution in [-0.2, 0) is 16.0 Å². The second-order valence-corrected chi connectivity index (χ2v) is 6.23. The van der Waals surface area contributed by atoms with E-state index in [0.717, 1.165) is 22.3 Å². The number of carbonyl (C=O) groups is 2. The number of hydrogen-bond acceptors (Lipinski definition) is 4. The summed E-state index contributed by atoms with van der Waals surface area (Å²) in [6.07, 6.45) is 0.891. The molecule has 3 aromatic rings. The van der Waals surface area contributed by atoms with Crippen LogP contribution in [0.5, 0.6) is 5.75 Å². The first kappa shape index (κ1) is 18.4. The van der Waals surface area contributed by atoms with Gasteiger partial charge < -0.3 is 15.0 Å². The zero-order valence-electron chi connectivity index (χ0n) is 15.3. The molecule has 27 heavy (non-hydrogen) atoms. The molecule has 1 aromatic heterocycles. The number of aryl methyl sites for hydroxylation is 1. The molecule has 0 saturated heterocycles. The monoisotopic (exact) mass is 366 g/mol. The molecule has 3 rings (SSSR count). The average molecular weight is 366 g/mol. The summed E-state index contributed by atoms with van der Waals surface area (Å²) in [7, 11) is 1.61. The predicted octanol–water partition coefficient (Wildman–Crippen LogP) is 2.65. The molecule has 0 bridgehead atoms. The minimum absolute atomic E-state index is 0.182. The first-order valence-corrected chi connectivity index (χ1v) is 8.73. The van der Waals surface area contributed by atoms with Crippen molar-refractivity contribution in [3.8, 4) is 5.75 Å². The summed E-state index contributed by atoms with van der Waals surface area (Å²) in [5.41, 5.74) is 2.64. The molecule has 7 nitrogen and oxygen atoms in total. The number of rotatable bonds is 7. The molecule has 7 heteroatoms. The topological polar surface area (TPSA) is 96.1 Å². The quantitative estimate of drug-likeness (QED) is 0.599. The lowest BCUT2D eigenvalue weighted by molar-refractivity contribution is -0.126. The fourth-order valence-corrected chi connectivity index (χ4v) is 2.67. The number of imidazole rings is 1. The second-order valence-electron chi connectivity index (χ2n) is 6.23. The SMILES string of the molecule is COc1ccc(CCC(=O)NC(C)C(=O)Nc2nc3ccccc3[nH]2)cc1. The van der Waals surface area contributed by atoms with Gasteiger partial charge in [-0.25, -0.2) is 4.98 Å². The number of H-pyrrole nitrogens is 1. The number of para-hydroxylation sites is 2. The molecule has 0 fully saturated rings. The van der Waals surface area contributed by atoms with Crippen LogP contribution in [0, 0.1) is 0 Å². The third-order valence-corrected chi connectivity index (χ3v) is 4.20. The fraction of sp³-hybridized carbons (Fsp3) is 0.250. The Balaban J connectivity index is 1.48. The molecule has 1 unspecified atom stereocenters. The first-order valence-electron chi connectivity index (χ1n) is 8.73. The Morgan fingerprint density at radius 3 is 2.59 bits per heavy atom. The molecule has 1 heterocycles. The van der Waals surface area contributed by atoms with Gasteiger partial charge in [0.05, 0.1) is 18.1 Å². The minimum atomic E-state index is -0.665. The Morgan fingerprint density at radius 2 is 1.89 bits per heavy atom. The van der Waals surface area contributed by atoms with Crippen molar-refractivity contribution in [2.45, 2.75) is 25.8 Å². The maximum absolute atomic E-state index is 12.3. The number of amides is 2. The molecule has 0 spiro atoms. The summed E-state index contributed by atoms with van der Waals surface area (Å²) >= 11 is 0. The van der Waals surface area contributed by atoms with Crippen molar-refractivity contribution in [1.29, 1.82) is 0 Å². The fourth-order valence-electron chi connectivity index (χ4n) is 2.67. The number of nitrogens with zero attached hydrogens (tertiary/aromatic N) is 1. The average Bonchev–Trinajstić information content (AvgIpc) is 3.09. The van der Waals surface area contributed by atoms with E-state index in [1.165, 1.54) is 0 Å². The molecule has 0 aliphatic rings. The highest BCUT2D eigenvalue weighted by Gasteiger charge is 2.17. The molecule has 0 saturated carbocycles. The third kappa shape index (κ3) is 4.84. The van der Waals surface area contributed by atoms with Gasteiger partial charge in [0.15, 0.2) is 0 Å². The van der Waals surface area contributed by atoms with Crippen LogP contribution in [-0.4, -0.2) is 34.9 Å². The van der Waals surface area contributed by atoms with Gasteiger partial charge >= 0.3 is 0 Å². The number of aromatic amines is 1. The summed E-state index contributed by atoms with van der Waals surface area (Å²) in [5, 5.41) is 5.40. The van der Waals surface area contributed by atoms with E-state index in [1.54, 1.807) is 14.0 Å². The van der Waals surface area contributed by atoms with Crippen LogP contribution in [0.4, 0.5) is 5.95 Å². The standard InChI is InChI=1S/C20H22N4O3/c1-13(19(26)24-20-22-16-5-3-4-6-17(16)23-20)21-18(25)12-9-14-7-10-15(27-2)11-8-14/h3-8,10-11,13H,9,12H2,1-2H3,(H,21,25)(H2,22,23,24,26). The normalized spacial score (nSPS) is 11.8. The van der Waals surface area contributed by atoms with Crippen molar-refractivity contribution in [3.63, 3.8) is 0 Å².